The number of rotatable bonds is 5. The van der Waals surface area contributed by atoms with E-state index in [1.165, 1.54) is 5.56 Å². The van der Waals surface area contributed by atoms with Crippen LogP contribution in [0, 0.1) is 0 Å². The first-order valence-electron chi connectivity index (χ1n) is 8.51. The van der Waals surface area contributed by atoms with Gasteiger partial charge in [0.15, 0.2) is 5.96 Å². The first-order chi connectivity index (χ1) is 11.1. The van der Waals surface area contributed by atoms with E-state index in [4.69, 9.17) is 0 Å². The van der Waals surface area contributed by atoms with Gasteiger partial charge in [-0.05, 0) is 45.5 Å². The molecule has 0 aromatic carbocycles. The summed E-state index contributed by atoms with van der Waals surface area (Å²) in [5, 5.41) is 6.62. The number of hydrogen-bond acceptors (Lipinski definition) is 4. The van der Waals surface area contributed by atoms with Crippen LogP contribution >= 0.6 is 24.0 Å². The van der Waals surface area contributed by atoms with E-state index in [-0.39, 0.29) is 24.0 Å². The molecule has 2 heterocycles. The number of hydrogen-bond donors (Lipinski definition) is 2. The molecule has 0 aliphatic carbocycles. The molecular weight excluding hydrogens is 415 g/mol. The minimum atomic E-state index is 0. The number of nitrogens with zero attached hydrogens (tertiary/aromatic N) is 4. The van der Waals surface area contributed by atoms with E-state index in [0.717, 1.165) is 44.5 Å². The van der Waals surface area contributed by atoms with E-state index in [0.29, 0.717) is 12.6 Å². The van der Waals surface area contributed by atoms with Gasteiger partial charge < -0.3 is 20.4 Å². The fourth-order valence-electron chi connectivity index (χ4n) is 2.53. The Kier molecular flexibility index (Phi) is 9.35. The molecular formula is C17H31IN6. The summed E-state index contributed by atoms with van der Waals surface area (Å²) >= 11 is 0. The highest BCUT2D eigenvalue weighted by atomic mass is 127. The minimum absolute atomic E-state index is 0. The molecule has 0 amide bonds. The number of likely N-dealkylation sites (N-methyl/N-ethyl adjacent to an activating group) is 1. The molecule has 24 heavy (non-hydrogen) atoms. The van der Waals surface area contributed by atoms with Gasteiger partial charge in [-0.25, -0.2) is 9.98 Å². The fraction of sp³-hybridized carbons (Fsp3) is 0.647. The van der Waals surface area contributed by atoms with Gasteiger partial charge in [0.25, 0.3) is 0 Å². The van der Waals surface area contributed by atoms with Gasteiger partial charge in [0, 0.05) is 45.0 Å². The van der Waals surface area contributed by atoms with Crippen molar-refractivity contribution in [3.8, 4) is 0 Å². The SMILES string of the molecule is CCNC(=NCc1ccnc(N2CCN(C)CC2)c1)NC(C)C.I. The van der Waals surface area contributed by atoms with E-state index in [1.807, 2.05) is 12.3 Å². The van der Waals surface area contributed by atoms with Crippen LogP contribution in [0.15, 0.2) is 23.3 Å². The number of anilines is 1. The summed E-state index contributed by atoms with van der Waals surface area (Å²) in [5.41, 5.74) is 1.19. The van der Waals surface area contributed by atoms with Gasteiger partial charge in [-0.2, -0.15) is 0 Å². The van der Waals surface area contributed by atoms with Gasteiger partial charge >= 0.3 is 0 Å². The van der Waals surface area contributed by atoms with Crippen LogP contribution in [-0.4, -0.2) is 61.7 Å². The van der Waals surface area contributed by atoms with Gasteiger partial charge in [-0.3, -0.25) is 0 Å². The summed E-state index contributed by atoms with van der Waals surface area (Å²) in [6.45, 7) is 12.1. The van der Waals surface area contributed by atoms with Crippen LogP contribution < -0.4 is 15.5 Å². The van der Waals surface area contributed by atoms with Crippen molar-refractivity contribution in [1.82, 2.24) is 20.5 Å². The van der Waals surface area contributed by atoms with Crippen molar-refractivity contribution < 1.29 is 0 Å². The van der Waals surface area contributed by atoms with Gasteiger partial charge in [-0.1, -0.05) is 0 Å². The number of nitrogens with one attached hydrogen (secondary N) is 2. The lowest BCUT2D eigenvalue weighted by molar-refractivity contribution is 0.312. The molecule has 1 saturated heterocycles. The van der Waals surface area contributed by atoms with Gasteiger partial charge in [0.1, 0.15) is 5.82 Å². The topological polar surface area (TPSA) is 55.8 Å². The maximum atomic E-state index is 4.66. The number of halogens is 1. The quantitative estimate of drug-likeness (QED) is 0.411. The lowest BCUT2D eigenvalue weighted by Crippen LogP contribution is -2.44. The van der Waals surface area contributed by atoms with Crippen LogP contribution in [0.5, 0.6) is 0 Å². The third kappa shape index (κ3) is 6.80. The molecule has 0 unspecified atom stereocenters. The number of piperazine rings is 1. The van der Waals surface area contributed by atoms with Crippen LogP contribution in [0.4, 0.5) is 5.82 Å². The zero-order chi connectivity index (χ0) is 16.7. The number of pyridine rings is 1. The lowest BCUT2D eigenvalue weighted by Gasteiger charge is -2.33. The molecule has 1 fully saturated rings. The zero-order valence-electron chi connectivity index (χ0n) is 15.2. The Morgan fingerprint density at radius 3 is 2.62 bits per heavy atom. The van der Waals surface area contributed by atoms with Crippen LogP contribution in [-0.2, 0) is 6.54 Å². The van der Waals surface area contributed by atoms with Crippen molar-refractivity contribution in [2.45, 2.75) is 33.4 Å². The molecule has 2 rings (SSSR count). The molecule has 0 bridgehead atoms. The molecule has 1 aliphatic rings. The van der Waals surface area contributed by atoms with Gasteiger partial charge in [0.05, 0.1) is 6.54 Å². The highest BCUT2D eigenvalue weighted by Gasteiger charge is 2.15. The van der Waals surface area contributed by atoms with Crippen LogP contribution in [0.1, 0.15) is 26.3 Å². The molecule has 136 valence electrons. The second-order valence-electron chi connectivity index (χ2n) is 6.31. The van der Waals surface area contributed by atoms with Crippen molar-refractivity contribution >= 4 is 35.8 Å². The Labute approximate surface area is 163 Å². The standard InChI is InChI=1S/C17H30N6.HI/c1-5-18-17(21-14(2)3)20-13-15-6-7-19-16(12-15)23-10-8-22(4)9-11-23;/h6-7,12,14H,5,8-11,13H2,1-4H3,(H2,18,20,21);1H. The van der Waals surface area contributed by atoms with Crippen molar-refractivity contribution in [3.05, 3.63) is 23.9 Å². The molecule has 0 radical (unpaired) electrons. The second-order valence-corrected chi connectivity index (χ2v) is 6.31. The maximum absolute atomic E-state index is 4.66. The van der Waals surface area contributed by atoms with Crippen LogP contribution in [0.3, 0.4) is 0 Å². The van der Waals surface area contributed by atoms with E-state index >= 15 is 0 Å². The molecule has 7 heteroatoms. The van der Waals surface area contributed by atoms with E-state index in [2.05, 4.69) is 64.3 Å². The number of guanidine groups is 1. The van der Waals surface area contributed by atoms with E-state index in [1.54, 1.807) is 0 Å². The van der Waals surface area contributed by atoms with Crippen molar-refractivity contribution in [3.63, 3.8) is 0 Å². The Hall–Kier alpha value is -1.09. The van der Waals surface area contributed by atoms with Crippen molar-refractivity contribution in [1.29, 1.82) is 0 Å². The predicted molar refractivity (Wildman–Crippen MR) is 112 cm³/mol. The monoisotopic (exact) mass is 446 g/mol. The molecule has 6 nitrogen and oxygen atoms in total. The Morgan fingerprint density at radius 1 is 1.29 bits per heavy atom. The largest absolute Gasteiger partial charge is 0.357 e. The summed E-state index contributed by atoms with van der Waals surface area (Å²) in [5.74, 6) is 1.92. The highest BCUT2D eigenvalue weighted by molar-refractivity contribution is 14.0. The smallest absolute Gasteiger partial charge is 0.191 e. The molecule has 0 atom stereocenters. The summed E-state index contributed by atoms with van der Waals surface area (Å²) in [7, 11) is 2.17. The highest BCUT2D eigenvalue weighted by Crippen LogP contribution is 2.15. The molecule has 1 aromatic rings. The third-order valence-corrected chi connectivity index (χ3v) is 3.83. The van der Waals surface area contributed by atoms with Gasteiger partial charge in [0.2, 0.25) is 0 Å². The average Bonchev–Trinajstić information content (AvgIpc) is 2.53. The Balaban J connectivity index is 0.00000288. The summed E-state index contributed by atoms with van der Waals surface area (Å²) in [6, 6.07) is 4.57. The molecule has 1 aromatic heterocycles. The van der Waals surface area contributed by atoms with E-state index in [9.17, 15) is 0 Å². The second kappa shape index (κ2) is 10.7. The molecule has 1 aliphatic heterocycles. The zero-order valence-corrected chi connectivity index (χ0v) is 17.6. The molecule has 2 N–H and O–H groups in total. The molecule has 0 saturated carbocycles. The van der Waals surface area contributed by atoms with Crippen LogP contribution in [0.2, 0.25) is 0 Å². The maximum Gasteiger partial charge on any atom is 0.191 e. The summed E-state index contributed by atoms with van der Waals surface area (Å²) < 4.78 is 0. The van der Waals surface area contributed by atoms with Crippen molar-refractivity contribution in [2.24, 2.45) is 4.99 Å². The summed E-state index contributed by atoms with van der Waals surface area (Å²) in [6.07, 6.45) is 1.89. The summed E-state index contributed by atoms with van der Waals surface area (Å²) in [4.78, 5) is 13.9. The first-order valence-corrected chi connectivity index (χ1v) is 8.51. The van der Waals surface area contributed by atoms with E-state index < -0.39 is 0 Å². The predicted octanol–water partition coefficient (Wildman–Crippen LogP) is 1.91. The number of aliphatic imine (C=N–C) groups is 1. The molecule has 0 spiro atoms. The third-order valence-electron chi connectivity index (χ3n) is 3.83. The Morgan fingerprint density at radius 2 is 2.00 bits per heavy atom. The number of aromatic nitrogens is 1. The van der Waals surface area contributed by atoms with Gasteiger partial charge in [-0.15, -0.1) is 24.0 Å². The lowest BCUT2D eigenvalue weighted by atomic mass is 10.2. The van der Waals surface area contributed by atoms with Crippen LogP contribution in [0.25, 0.3) is 0 Å². The average molecular weight is 446 g/mol. The minimum Gasteiger partial charge on any atom is -0.357 e. The van der Waals surface area contributed by atoms with Crippen molar-refractivity contribution in [2.75, 3.05) is 44.7 Å². The Bertz CT molecular complexity index is 512. The fourth-order valence-corrected chi connectivity index (χ4v) is 2.53. The normalized spacial score (nSPS) is 16.0. The first kappa shape index (κ1) is 21.0.